The highest BCUT2D eigenvalue weighted by Crippen LogP contribution is 2.27. The minimum Gasteiger partial charge on any atom is -0.371 e. The lowest BCUT2D eigenvalue weighted by Gasteiger charge is -2.14. The SMILES string of the molecule is CCCc1cc(NCCC(C)C)n2c(nc3ccccc32)c1C#N. The molecule has 0 saturated carbocycles. The molecule has 0 radical (unpaired) electrons. The Morgan fingerprint density at radius 2 is 2.08 bits per heavy atom. The fourth-order valence-corrected chi connectivity index (χ4v) is 3.09. The van der Waals surface area contributed by atoms with Gasteiger partial charge in [0, 0.05) is 6.54 Å². The third-order valence-electron chi connectivity index (χ3n) is 4.32. The van der Waals surface area contributed by atoms with E-state index in [2.05, 4.69) is 48.7 Å². The Labute approximate surface area is 143 Å². The molecular weight excluding hydrogens is 296 g/mol. The molecule has 3 aromatic rings. The molecule has 0 atom stereocenters. The lowest BCUT2D eigenvalue weighted by molar-refractivity contribution is 0.606. The van der Waals surface area contributed by atoms with E-state index in [9.17, 15) is 5.26 Å². The van der Waals surface area contributed by atoms with Crippen molar-refractivity contribution in [3.63, 3.8) is 0 Å². The van der Waals surface area contributed by atoms with Gasteiger partial charge in [0.05, 0.1) is 16.6 Å². The zero-order valence-corrected chi connectivity index (χ0v) is 14.6. The first-order chi connectivity index (χ1) is 11.7. The topological polar surface area (TPSA) is 53.1 Å². The molecule has 2 aromatic heterocycles. The van der Waals surface area contributed by atoms with Crippen molar-refractivity contribution in [2.75, 3.05) is 11.9 Å². The number of hydrogen-bond donors (Lipinski definition) is 1. The van der Waals surface area contributed by atoms with E-state index >= 15 is 0 Å². The molecule has 4 heteroatoms. The van der Waals surface area contributed by atoms with Crippen LogP contribution in [0.25, 0.3) is 16.7 Å². The number of aromatic nitrogens is 2. The van der Waals surface area contributed by atoms with Crippen molar-refractivity contribution in [2.45, 2.75) is 40.0 Å². The number of nitrogens with zero attached hydrogens (tertiary/aromatic N) is 3. The van der Waals surface area contributed by atoms with E-state index in [1.807, 2.05) is 18.2 Å². The zero-order chi connectivity index (χ0) is 17.1. The third kappa shape index (κ3) is 2.94. The van der Waals surface area contributed by atoms with E-state index in [0.29, 0.717) is 11.5 Å². The fourth-order valence-electron chi connectivity index (χ4n) is 3.09. The van der Waals surface area contributed by atoms with Crippen LogP contribution < -0.4 is 5.32 Å². The molecule has 0 aliphatic heterocycles. The van der Waals surface area contributed by atoms with Crippen LogP contribution in [-0.4, -0.2) is 15.9 Å². The summed E-state index contributed by atoms with van der Waals surface area (Å²) in [5, 5.41) is 13.2. The van der Waals surface area contributed by atoms with Gasteiger partial charge in [0.2, 0.25) is 0 Å². The number of imidazole rings is 1. The number of rotatable bonds is 6. The highest BCUT2D eigenvalue weighted by molar-refractivity contribution is 5.85. The molecule has 0 spiro atoms. The summed E-state index contributed by atoms with van der Waals surface area (Å²) in [5.41, 5.74) is 4.50. The number of nitrogens with one attached hydrogen (secondary N) is 1. The number of pyridine rings is 1. The zero-order valence-electron chi connectivity index (χ0n) is 14.6. The van der Waals surface area contributed by atoms with Crippen molar-refractivity contribution in [3.8, 4) is 6.07 Å². The minimum atomic E-state index is 0.654. The molecule has 2 heterocycles. The Hall–Kier alpha value is -2.54. The van der Waals surface area contributed by atoms with E-state index in [-0.39, 0.29) is 0 Å². The first kappa shape index (κ1) is 16.3. The van der Waals surface area contributed by atoms with E-state index in [1.165, 1.54) is 0 Å². The molecule has 0 fully saturated rings. The molecule has 1 aromatic carbocycles. The lowest BCUT2D eigenvalue weighted by atomic mass is 10.1. The van der Waals surface area contributed by atoms with Crippen molar-refractivity contribution in [3.05, 3.63) is 41.5 Å². The second-order valence-corrected chi connectivity index (χ2v) is 6.66. The number of benzene rings is 1. The summed E-state index contributed by atoms with van der Waals surface area (Å²) in [5.74, 6) is 1.68. The Morgan fingerprint density at radius 1 is 1.29 bits per heavy atom. The standard InChI is InChI=1S/C20H24N4/c1-4-7-15-12-19(22-11-10-14(2)3)24-18-9-6-5-8-17(18)23-20(24)16(15)13-21/h5-6,8-9,12,14,22H,4,7,10-11H2,1-3H3. The Kier molecular flexibility index (Phi) is 4.71. The summed E-state index contributed by atoms with van der Waals surface area (Å²) in [4.78, 5) is 4.73. The van der Waals surface area contributed by atoms with E-state index in [0.717, 1.165) is 53.9 Å². The number of fused-ring (bicyclic) bond motifs is 3. The maximum absolute atomic E-state index is 9.68. The van der Waals surface area contributed by atoms with Gasteiger partial charge in [-0.05, 0) is 42.5 Å². The Morgan fingerprint density at radius 3 is 2.79 bits per heavy atom. The van der Waals surface area contributed by atoms with Gasteiger partial charge in [-0.25, -0.2) is 4.98 Å². The molecule has 1 N–H and O–H groups in total. The molecular formula is C20H24N4. The van der Waals surface area contributed by atoms with Gasteiger partial charge < -0.3 is 5.32 Å². The molecule has 24 heavy (non-hydrogen) atoms. The number of para-hydroxylation sites is 2. The molecule has 3 rings (SSSR count). The van der Waals surface area contributed by atoms with E-state index in [4.69, 9.17) is 4.98 Å². The maximum Gasteiger partial charge on any atom is 0.157 e. The highest BCUT2D eigenvalue weighted by Gasteiger charge is 2.16. The van der Waals surface area contributed by atoms with Gasteiger partial charge in [-0.3, -0.25) is 4.40 Å². The summed E-state index contributed by atoms with van der Waals surface area (Å²) in [6.45, 7) is 7.51. The maximum atomic E-state index is 9.68. The van der Waals surface area contributed by atoms with Crippen LogP contribution in [-0.2, 0) is 6.42 Å². The lowest BCUT2D eigenvalue weighted by Crippen LogP contribution is -2.10. The predicted molar refractivity (Wildman–Crippen MR) is 99.4 cm³/mol. The van der Waals surface area contributed by atoms with E-state index in [1.54, 1.807) is 0 Å². The van der Waals surface area contributed by atoms with Crippen molar-refractivity contribution in [2.24, 2.45) is 5.92 Å². The van der Waals surface area contributed by atoms with Crippen LogP contribution in [0, 0.1) is 17.2 Å². The fraction of sp³-hybridized carbons (Fsp3) is 0.400. The minimum absolute atomic E-state index is 0.654. The second-order valence-electron chi connectivity index (χ2n) is 6.66. The number of aryl methyl sites for hydroxylation is 1. The van der Waals surface area contributed by atoms with Crippen molar-refractivity contribution in [1.82, 2.24) is 9.38 Å². The van der Waals surface area contributed by atoms with Gasteiger partial charge in [0.1, 0.15) is 11.9 Å². The Balaban J connectivity index is 2.21. The number of anilines is 1. The van der Waals surface area contributed by atoms with Crippen LogP contribution in [0.3, 0.4) is 0 Å². The molecule has 0 amide bonds. The van der Waals surface area contributed by atoms with Crippen LogP contribution >= 0.6 is 0 Å². The molecule has 124 valence electrons. The largest absolute Gasteiger partial charge is 0.371 e. The van der Waals surface area contributed by atoms with Crippen LogP contribution in [0.1, 0.15) is 44.7 Å². The molecule has 0 bridgehead atoms. The van der Waals surface area contributed by atoms with Gasteiger partial charge in [-0.2, -0.15) is 5.26 Å². The molecule has 0 aliphatic carbocycles. The first-order valence-corrected chi connectivity index (χ1v) is 8.72. The first-order valence-electron chi connectivity index (χ1n) is 8.72. The van der Waals surface area contributed by atoms with Crippen LogP contribution in [0.15, 0.2) is 30.3 Å². The summed E-state index contributed by atoms with van der Waals surface area (Å²) in [6.07, 6.45) is 3.01. The van der Waals surface area contributed by atoms with Gasteiger partial charge in [0.25, 0.3) is 0 Å². The molecule has 0 unspecified atom stereocenters. The average molecular weight is 320 g/mol. The normalized spacial score (nSPS) is 11.3. The quantitative estimate of drug-likeness (QED) is 0.712. The van der Waals surface area contributed by atoms with E-state index < -0.39 is 0 Å². The smallest absolute Gasteiger partial charge is 0.157 e. The summed E-state index contributed by atoms with van der Waals surface area (Å²) >= 11 is 0. The predicted octanol–water partition coefficient (Wildman–Crippen LogP) is 4.77. The summed E-state index contributed by atoms with van der Waals surface area (Å²) < 4.78 is 2.09. The monoisotopic (exact) mass is 320 g/mol. The average Bonchev–Trinajstić information content (AvgIpc) is 2.94. The van der Waals surface area contributed by atoms with Gasteiger partial charge in [-0.1, -0.05) is 39.3 Å². The van der Waals surface area contributed by atoms with Gasteiger partial charge in [-0.15, -0.1) is 0 Å². The van der Waals surface area contributed by atoms with Crippen LogP contribution in [0.5, 0.6) is 0 Å². The summed E-state index contributed by atoms with van der Waals surface area (Å²) in [6, 6.07) is 12.6. The van der Waals surface area contributed by atoms with Crippen molar-refractivity contribution < 1.29 is 0 Å². The van der Waals surface area contributed by atoms with Crippen molar-refractivity contribution >= 4 is 22.5 Å². The van der Waals surface area contributed by atoms with Gasteiger partial charge in [0.15, 0.2) is 5.65 Å². The third-order valence-corrected chi connectivity index (χ3v) is 4.32. The highest BCUT2D eigenvalue weighted by atomic mass is 15.1. The van der Waals surface area contributed by atoms with Gasteiger partial charge >= 0.3 is 0 Å². The number of hydrogen-bond acceptors (Lipinski definition) is 3. The number of nitriles is 1. The summed E-state index contributed by atoms with van der Waals surface area (Å²) in [7, 11) is 0. The second kappa shape index (κ2) is 6.92. The molecule has 0 saturated heterocycles. The molecule has 0 aliphatic rings. The molecule has 4 nitrogen and oxygen atoms in total. The Bertz CT molecular complexity index is 899. The van der Waals surface area contributed by atoms with Crippen LogP contribution in [0.4, 0.5) is 5.82 Å². The van der Waals surface area contributed by atoms with Crippen LogP contribution in [0.2, 0.25) is 0 Å². The van der Waals surface area contributed by atoms with Crippen molar-refractivity contribution in [1.29, 1.82) is 5.26 Å².